The molecule has 0 saturated carbocycles. The third kappa shape index (κ3) is 4.35. The van der Waals surface area contributed by atoms with Crippen molar-refractivity contribution in [3.63, 3.8) is 0 Å². The SMILES string of the molecule is Cc1ccc(S(=O)(=O)CCC(C)(C)C)cc1C(=O)O. The van der Waals surface area contributed by atoms with Gasteiger partial charge in [0.25, 0.3) is 0 Å². The van der Waals surface area contributed by atoms with Crippen LogP contribution in [0, 0.1) is 12.3 Å². The van der Waals surface area contributed by atoms with Gasteiger partial charge in [-0.15, -0.1) is 0 Å². The molecule has 0 unspecified atom stereocenters. The number of hydrogen-bond donors (Lipinski definition) is 1. The lowest BCUT2D eigenvalue weighted by Gasteiger charge is -2.17. The summed E-state index contributed by atoms with van der Waals surface area (Å²) in [7, 11) is -3.43. The molecule has 19 heavy (non-hydrogen) atoms. The van der Waals surface area contributed by atoms with Crippen molar-refractivity contribution < 1.29 is 18.3 Å². The largest absolute Gasteiger partial charge is 0.478 e. The molecule has 0 aliphatic rings. The van der Waals surface area contributed by atoms with Crippen molar-refractivity contribution in [2.45, 2.75) is 39.0 Å². The van der Waals surface area contributed by atoms with Crippen LogP contribution in [0.5, 0.6) is 0 Å². The van der Waals surface area contributed by atoms with Gasteiger partial charge in [0.1, 0.15) is 0 Å². The van der Waals surface area contributed by atoms with E-state index in [1.165, 1.54) is 18.2 Å². The second-order valence-electron chi connectivity index (χ2n) is 5.91. The lowest BCUT2D eigenvalue weighted by molar-refractivity contribution is 0.0696. The lowest BCUT2D eigenvalue weighted by Crippen LogP contribution is -2.15. The number of hydrogen-bond acceptors (Lipinski definition) is 3. The Kier molecular flexibility index (Phi) is 4.40. The van der Waals surface area contributed by atoms with Gasteiger partial charge in [0, 0.05) is 0 Å². The minimum Gasteiger partial charge on any atom is -0.478 e. The number of aromatic carboxylic acids is 1. The smallest absolute Gasteiger partial charge is 0.335 e. The first kappa shape index (κ1) is 15.7. The summed E-state index contributed by atoms with van der Waals surface area (Å²) >= 11 is 0. The number of carboxylic acids is 1. The van der Waals surface area contributed by atoms with Gasteiger partial charge in [0.15, 0.2) is 9.84 Å². The zero-order chi connectivity index (χ0) is 14.8. The van der Waals surface area contributed by atoms with Gasteiger partial charge in [-0.05, 0) is 36.5 Å². The molecule has 0 fully saturated rings. The van der Waals surface area contributed by atoms with E-state index in [9.17, 15) is 13.2 Å². The predicted molar refractivity (Wildman–Crippen MR) is 74.3 cm³/mol. The molecular weight excluding hydrogens is 264 g/mol. The van der Waals surface area contributed by atoms with E-state index in [1.54, 1.807) is 6.92 Å². The van der Waals surface area contributed by atoms with E-state index in [2.05, 4.69) is 0 Å². The molecule has 106 valence electrons. The van der Waals surface area contributed by atoms with Gasteiger partial charge in [0.2, 0.25) is 0 Å². The maximum Gasteiger partial charge on any atom is 0.335 e. The van der Waals surface area contributed by atoms with Crippen LogP contribution in [0.25, 0.3) is 0 Å². The average Bonchev–Trinajstić information content (AvgIpc) is 2.25. The summed E-state index contributed by atoms with van der Waals surface area (Å²) in [5, 5.41) is 9.02. The number of aryl methyl sites for hydroxylation is 1. The highest BCUT2D eigenvalue weighted by Crippen LogP contribution is 2.23. The summed E-state index contributed by atoms with van der Waals surface area (Å²) in [4.78, 5) is 11.1. The minimum atomic E-state index is -3.43. The van der Waals surface area contributed by atoms with E-state index >= 15 is 0 Å². The molecule has 0 bridgehead atoms. The van der Waals surface area contributed by atoms with Gasteiger partial charge in [-0.25, -0.2) is 13.2 Å². The van der Waals surface area contributed by atoms with E-state index in [0.29, 0.717) is 12.0 Å². The number of carboxylic acid groups (broad SMARTS) is 1. The second kappa shape index (κ2) is 5.33. The minimum absolute atomic E-state index is 0.0264. The van der Waals surface area contributed by atoms with Crippen molar-refractivity contribution in [1.29, 1.82) is 0 Å². The van der Waals surface area contributed by atoms with E-state index in [1.807, 2.05) is 20.8 Å². The van der Waals surface area contributed by atoms with Gasteiger partial charge >= 0.3 is 5.97 Å². The number of benzene rings is 1. The van der Waals surface area contributed by atoms with Gasteiger partial charge in [-0.1, -0.05) is 26.8 Å². The fraction of sp³-hybridized carbons (Fsp3) is 0.500. The highest BCUT2D eigenvalue weighted by Gasteiger charge is 2.21. The van der Waals surface area contributed by atoms with E-state index in [-0.39, 0.29) is 21.6 Å². The second-order valence-corrected chi connectivity index (χ2v) is 8.02. The Morgan fingerprint density at radius 2 is 1.84 bits per heavy atom. The monoisotopic (exact) mass is 284 g/mol. The molecule has 0 radical (unpaired) electrons. The molecule has 1 aromatic carbocycles. The van der Waals surface area contributed by atoms with E-state index in [0.717, 1.165) is 0 Å². The van der Waals surface area contributed by atoms with Crippen molar-refractivity contribution in [3.05, 3.63) is 29.3 Å². The standard InChI is InChI=1S/C14H20O4S/c1-10-5-6-11(9-12(10)13(15)16)19(17,18)8-7-14(2,3)4/h5-6,9H,7-8H2,1-4H3,(H,15,16). The van der Waals surface area contributed by atoms with Crippen molar-refractivity contribution in [2.24, 2.45) is 5.41 Å². The first-order chi connectivity index (χ1) is 8.53. The Balaban J connectivity index is 3.09. The summed E-state index contributed by atoms with van der Waals surface area (Å²) < 4.78 is 24.3. The number of sulfone groups is 1. The van der Waals surface area contributed by atoms with Crippen LogP contribution in [0.15, 0.2) is 23.1 Å². The molecule has 5 heteroatoms. The first-order valence-corrected chi connectivity index (χ1v) is 7.75. The van der Waals surface area contributed by atoms with Gasteiger partial charge < -0.3 is 5.11 Å². The zero-order valence-corrected chi connectivity index (χ0v) is 12.5. The summed E-state index contributed by atoms with van der Waals surface area (Å²) in [5.74, 6) is -1.08. The van der Waals surface area contributed by atoms with Crippen LogP contribution in [-0.2, 0) is 9.84 Å². The molecule has 0 heterocycles. The maximum absolute atomic E-state index is 12.2. The summed E-state index contributed by atoms with van der Waals surface area (Å²) in [6.07, 6.45) is 0.533. The average molecular weight is 284 g/mol. The van der Waals surface area contributed by atoms with Crippen LogP contribution in [-0.4, -0.2) is 25.2 Å². The Morgan fingerprint density at radius 1 is 1.26 bits per heavy atom. The fourth-order valence-electron chi connectivity index (χ4n) is 1.58. The Bertz CT molecular complexity index is 580. The van der Waals surface area contributed by atoms with Gasteiger partial charge in [-0.2, -0.15) is 0 Å². The van der Waals surface area contributed by atoms with E-state index in [4.69, 9.17) is 5.11 Å². The van der Waals surface area contributed by atoms with Crippen LogP contribution in [0.4, 0.5) is 0 Å². The summed E-state index contributed by atoms with van der Waals surface area (Å²) in [5.41, 5.74) is 0.520. The van der Waals surface area contributed by atoms with Gasteiger partial charge in [-0.3, -0.25) is 0 Å². The summed E-state index contributed by atoms with van der Waals surface area (Å²) in [6.45, 7) is 7.57. The summed E-state index contributed by atoms with van der Waals surface area (Å²) in [6, 6.07) is 4.25. The normalized spacial score (nSPS) is 12.4. The van der Waals surface area contributed by atoms with Crippen LogP contribution in [0.2, 0.25) is 0 Å². The quantitative estimate of drug-likeness (QED) is 0.922. The molecular formula is C14H20O4S. The zero-order valence-electron chi connectivity index (χ0n) is 11.7. The van der Waals surface area contributed by atoms with Crippen LogP contribution in [0.1, 0.15) is 43.1 Å². The highest BCUT2D eigenvalue weighted by atomic mass is 32.2. The number of carbonyl (C=O) groups is 1. The molecule has 4 nitrogen and oxygen atoms in total. The van der Waals surface area contributed by atoms with Crippen molar-refractivity contribution in [3.8, 4) is 0 Å². The molecule has 0 aromatic heterocycles. The van der Waals surface area contributed by atoms with Crippen molar-refractivity contribution >= 4 is 15.8 Å². The lowest BCUT2D eigenvalue weighted by atomic mass is 9.94. The van der Waals surface area contributed by atoms with E-state index < -0.39 is 15.8 Å². The molecule has 0 aliphatic heterocycles. The third-order valence-electron chi connectivity index (χ3n) is 2.92. The topological polar surface area (TPSA) is 71.4 Å². The third-order valence-corrected chi connectivity index (χ3v) is 4.63. The van der Waals surface area contributed by atoms with Gasteiger partial charge in [0.05, 0.1) is 16.2 Å². The molecule has 0 aliphatic carbocycles. The highest BCUT2D eigenvalue weighted by molar-refractivity contribution is 7.91. The number of rotatable bonds is 4. The van der Waals surface area contributed by atoms with Crippen LogP contribution >= 0.6 is 0 Å². The van der Waals surface area contributed by atoms with Crippen LogP contribution < -0.4 is 0 Å². The fourth-order valence-corrected chi connectivity index (χ4v) is 3.27. The molecule has 1 N–H and O–H groups in total. The predicted octanol–water partition coefficient (Wildman–Crippen LogP) is 2.90. The molecule has 0 atom stereocenters. The molecule has 0 saturated heterocycles. The Labute approximate surface area is 114 Å². The van der Waals surface area contributed by atoms with Crippen LogP contribution in [0.3, 0.4) is 0 Å². The van der Waals surface area contributed by atoms with Crippen molar-refractivity contribution in [2.75, 3.05) is 5.75 Å². The molecule has 0 amide bonds. The maximum atomic E-state index is 12.2. The molecule has 1 rings (SSSR count). The Hall–Kier alpha value is -1.36. The Morgan fingerprint density at radius 3 is 2.32 bits per heavy atom. The molecule has 1 aromatic rings. The first-order valence-electron chi connectivity index (χ1n) is 6.10. The molecule has 0 spiro atoms. The van der Waals surface area contributed by atoms with Crippen molar-refractivity contribution in [1.82, 2.24) is 0 Å².